The van der Waals surface area contributed by atoms with E-state index in [1.807, 2.05) is 19.9 Å². The highest BCUT2D eigenvalue weighted by atomic mass is 32.1. The van der Waals surface area contributed by atoms with Crippen molar-refractivity contribution in [1.29, 1.82) is 5.26 Å². The van der Waals surface area contributed by atoms with Crippen LogP contribution in [0.25, 0.3) is 0 Å². The second kappa shape index (κ2) is 6.92. The first-order chi connectivity index (χ1) is 13.4. The van der Waals surface area contributed by atoms with E-state index in [-0.39, 0.29) is 17.3 Å². The molecule has 4 rings (SSSR count). The lowest BCUT2D eigenvalue weighted by Crippen LogP contribution is -2.39. The first-order valence-electron chi connectivity index (χ1n) is 9.21. The Morgan fingerprint density at radius 2 is 2.04 bits per heavy atom. The molecule has 2 N–H and O–H groups in total. The second-order valence-electron chi connectivity index (χ2n) is 7.14. The summed E-state index contributed by atoms with van der Waals surface area (Å²) < 4.78 is 14.6. The van der Waals surface area contributed by atoms with E-state index >= 15 is 0 Å². The van der Waals surface area contributed by atoms with Crippen molar-refractivity contribution in [3.8, 4) is 6.07 Å². The van der Waals surface area contributed by atoms with Crippen molar-refractivity contribution in [1.82, 2.24) is 0 Å². The number of benzene rings is 1. The number of allylic oxidation sites excluding steroid dienone is 3. The second-order valence-corrected chi connectivity index (χ2v) is 8.60. The molecule has 1 aromatic heterocycles. The van der Waals surface area contributed by atoms with Gasteiger partial charge in [0.1, 0.15) is 11.6 Å². The van der Waals surface area contributed by atoms with Crippen LogP contribution in [0.3, 0.4) is 0 Å². The number of para-hydroxylation sites is 1. The van der Waals surface area contributed by atoms with E-state index < -0.39 is 11.7 Å². The summed E-state index contributed by atoms with van der Waals surface area (Å²) in [5.41, 5.74) is 9.26. The number of anilines is 1. The highest BCUT2D eigenvalue weighted by molar-refractivity contribution is 7.12. The van der Waals surface area contributed by atoms with Crippen LogP contribution in [0.5, 0.6) is 0 Å². The lowest BCUT2D eigenvalue weighted by Gasteiger charge is -2.39. The fourth-order valence-electron chi connectivity index (χ4n) is 4.24. The Balaban J connectivity index is 2.01. The molecule has 2 aliphatic rings. The van der Waals surface area contributed by atoms with Gasteiger partial charge in [-0.1, -0.05) is 12.1 Å². The van der Waals surface area contributed by atoms with Gasteiger partial charge < -0.3 is 5.73 Å². The van der Waals surface area contributed by atoms with Gasteiger partial charge in [0.05, 0.1) is 23.2 Å². The standard InChI is InChI=1S/C22H20FN3OS/c1-12-10-14(13(2)28-12)20-15(11-24)22(25)26(17-7-4-3-6-16(17)23)18-8-5-9-19(27)21(18)20/h3-4,6-7,10,20H,5,8-9,25H2,1-2H3/t20-/m0/s1. The van der Waals surface area contributed by atoms with E-state index in [9.17, 15) is 14.4 Å². The Kier molecular flexibility index (Phi) is 4.56. The fraction of sp³-hybridized carbons (Fsp3) is 0.273. The van der Waals surface area contributed by atoms with Gasteiger partial charge in [-0.05, 0) is 50.5 Å². The number of nitrogens with two attached hydrogens (primary N) is 1. The van der Waals surface area contributed by atoms with Crippen molar-refractivity contribution in [2.24, 2.45) is 5.73 Å². The molecule has 1 aliphatic carbocycles. The highest BCUT2D eigenvalue weighted by Gasteiger charge is 2.41. The summed E-state index contributed by atoms with van der Waals surface area (Å²) in [7, 11) is 0. The van der Waals surface area contributed by atoms with Crippen molar-refractivity contribution in [3.63, 3.8) is 0 Å². The van der Waals surface area contributed by atoms with Crippen LogP contribution >= 0.6 is 11.3 Å². The SMILES string of the molecule is Cc1cc([C@H]2C(C#N)=C(N)N(c3ccccc3F)C3=C2C(=O)CCC3)c(C)s1. The van der Waals surface area contributed by atoms with Gasteiger partial charge in [0.15, 0.2) is 5.78 Å². The smallest absolute Gasteiger partial charge is 0.161 e. The average molecular weight is 393 g/mol. The molecule has 1 atom stereocenters. The van der Waals surface area contributed by atoms with Crippen LogP contribution in [-0.4, -0.2) is 5.78 Å². The summed E-state index contributed by atoms with van der Waals surface area (Å²) in [6.45, 7) is 4.00. The number of ketones is 1. The monoisotopic (exact) mass is 393 g/mol. The number of aryl methyl sites for hydroxylation is 2. The number of nitriles is 1. The molecule has 2 aromatic rings. The molecule has 28 heavy (non-hydrogen) atoms. The Morgan fingerprint density at radius 1 is 1.29 bits per heavy atom. The molecule has 142 valence electrons. The third-order valence-electron chi connectivity index (χ3n) is 5.40. The molecule has 0 saturated heterocycles. The summed E-state index contributed by atoms with van der Waals surface area (Å²) in [6, 6.07) is 10.6. The number of carbonyl (C=O) groups excluding carboxylic acids is 1. The number of nitrogens with zero attached hydrogens (tertiary/aromatic N) is 2. The van der Waals surface area contributed by atoms with Gasteiger partial charge in [0.25, 0.3) is 0 Å². The summed E-state index contributed by atoms with van der Waals surface area (Å²) in [4.78, 5) is 16.8. The summed E-state index contributed by atoms with van der Waals surface area (Å²) >= 11 is 1.64. The zero-order valence-electron chi connectivity index (χ0n) is 15.8. The van der Waals surface area contributed by atoms with Crippen LogP contribution in [0.15, 0.2) is 53.0 Å². The molecule has 0 spiro atoms. The molecule has 0 radical (unpaired) electrons. The normalized spacial score (nSPS) is 19.7. The molecule has 1 aromatic carbocycles. The van der Waals surface area contributed by atoms with E-state index in [0.29, 0.717) is 36.1 Å². The number of rotatable bonds is 2. The largest absolute Gasteiger partial charge is 0.384 e. The molecule has 4 nitrogen and oxygen atoms in total. The quantitative estimate of drug-likeness (QED) is 0.795. The molecular weight excluding hydrogens is 373 g/mol. The predicted octanol–water partition coefficient (Wildman–Crippen LogP) is 4.81. The lowest BCUT2D eigenvalue weighted by atomic mass is 9.75. The minimum absolute atomic E-state index is 0.0103. The number of hydrogen-bond donors (Lipinski definition) is 1. The number of carbonyl (C=O) groups is 1. The molecule has 0 amide bonds. The summed E-state index contributed by atoms with van der Waals surface area (Å²) in [5, 5.41) is 9.96. The Bertz CT molecular complexity index is 1090. The van der Waals surface area contributed by atoms with Crippen LogP contribution in [0.1, 0.15) is 40.5 Å². The minimum Gasteiger partial charge on any atom is -0.384 e. The van der Waals surface area contributed by atoms with Gasteiger partial charge in [0, 0.05) is 27.4 Å². The number of hydrogen-bond acceptors (Lipinski definition) is 5. The first-order valence-corrected chi connectivity index (χ1v) is 10.0. The van der Waals surface area contributed by atoms with Crippen LogP contribution in [0.2, 0.25) is 0 Å². The van der Waals surface area contributed by atoms with Crippen molar-refractivity contribution in [2.45, 2.75) is 39.0 Å². The molecule has 2 heterocycles. The Hall–Kier alpha value is -2.91. The van der Waals surface area contributed by atoms with E-state index in [1.165, 1.54) is 6.07 Å². The highest BCUT2D eigenvalue weighted by Crippen LogP contribution is 2.48. The topological polar surface area (TPSA) is 70.1 Å². The molecule has 1 aliphatic heterocycles. The fourth-order valence-corrected chi connectivity index (χ4v) is 5.21. The van der Waals surface area contributed by atoms with E-state index in [1.54, 1.807) is 34.4 Å². The zero-order valence-corrected chi connectivity index (χ0v) is 16.6. The van der Waals surface area contributed by atoms with Crippen LogP contribution < -0.4 is 10.6 Å². The van der Waals surface area contributed by atoms with E-state index in [0.717, 1.165) is 15.3 Å². The van der Waals surface area contributed by atoms with Gasteiger partial charge in [-0.15, -0.1) is 11.3 Å². The van der Waals surface area contributed by atoms with Gasteiger partial charge in [0.2, 0.25) is 0 Å². The lowest BCUT2D eigenvalue weighted by molar-refractivity contribution is -0.116. The summed E-state index contributed by atoms with van der Waals surface area (Å²) in [5.74, 6) is -0.709. The van der Waals surface area contributed by atoms with Crippen LogP contribution in [0, 0.1) is 31.0 Å². The van der Waals surface area contributed by atoms with Crippen LogP contribution in [0.4, 0.5) is 10.1 Å². The van der Waals surface area contributed by atoms with Crippen molar-refractivity contribution >= 4 is 22.8 Å². The van der Waals surface area contributed by atoms with Crippen molar-refractivity contribution < 1.29 is 9.18 Å². The van der Waals surface area contributed by atoms with Crippen molar-refractivity contribution in [3.05, 3.63) is 74.1 Å². The predicted molar refractivity (Wildman–Crippen MR) is 108 cm³/mol. The minimum atomic E-state index is -0.485. The molecule has 0 unspecified atom stereocenters. The van der Waals surface area contributed by atoms with Gasteiger partial charge in [-0.2, -0.15) is 5.26 Å². The van der Waals surface area contributed by atoms with Gasteiger partial charge in [-0.25, -0.2) is 4.39 Å². The molecule has 0 bridgehead atoms. The molecule has 0 saturated carbocycles. The van der Waals surface area contributed by atoms with E-state index in [2.05, 4.69) is 6.07 Å². The molecule has 0 fully saturated rings. The average Bonchev–Trinajstić information content (AvgIpc) is 3.00. The zero-order chi connectivity index (χ0) is 20.0. The van der Waals surface area contributed by atoms with Gasteiger partial charge >= 0.3 is 0 Å². The first kappa shape index (κ1) is 18.5. The van der Waals surface area contributed by atoms with E-state index in [4.69, 9.17) is 5.73 Å². The molecule has 6 heteroatoms. The Labute approximate surface area is 167 Å². The molecular formula is C22H20FN3OS. The summed E-state index contributed by atoms with van der Waals surface area (Å²) in [6.07, 6.45) is 1.74. The third-order valence-corrected chi connectivity index (χ3v) is 6.38. The van der Waals surface area contributed by atoms with Crippen molar-refractivity contribution in [2.75, 3.05) is 4.90 Å². The maximum Gasteiger partial charge on any atom is 0.161 e. The maximum atomic E-state index is 14.6. The number of Topliss-reactive ketones (excluding diaryl/α,β-unsaturated/α-hetero) is 1. The third kappa shape index (κ3) is 2.74. The number of halogens is 1. The Morgan fingerprint density at radius 3 is 2.68 bits per heavy atom. The number of thiophene rings is 1. The van der Waals surface area contributed by atoms with Crippen LogP contribution in [-0.2, 0) is 4.79 Å². The maximum absolute atomic E-state index is 14.6. The van der Waals surface area contributed by atoms with Gasteiger partial charge in [-0.3, -0.25) is 9.69 Å².